The highest BCUT2D eigenvalue weighted by Crippen LogP contribution is 2.26. The Labute approximate surface area is 140 Å². The molecule has 7 nitrogen and oxygen atoms in total. The van der Waals surface area contributed by atoms with Crippen LogP contribution in [0.2, 0.25) is 0 Å². The van der Waals surface area contributed by atoms with Crippen molar-refractivity contribution in [3.63, 3.8) is 0 Å². The molecule has 0 aromatic carbocycles. The minimum atomic E-state index is -3.19. The molecule has 0 fully saturated rings. The normalized spacial score (nSPS) is 15.6. The van der Waals surface area contributed by atoms with E-state index < -0.39 is 10.0 Å². The van der Waals surface area contributed by atoms with Crippen LogP contribution in [0.15, 0.2) is 30.7 Å². The van der Waals surface area contributed by atoms with Crippen molar-refractivity contribution in [1.29, 1.82) is 0 Å². The van der Waals surface area contributed by atoms with Crippen molar-refractivity contribution >= 4 is 21.1 Å². The smallest absolute Gasteiger partial charge is 0.211 e. The van der Waals surface area contributed by atoms with Crippen molar-refractivity contribution in [2.75, 3.05) is 12.8 Å². The maximum atomic E-state index is 11.8. The highest BCUT2D eigenvalue weighted by atomic mass is 32.2. The van der Waals surface area contributed by atoms with Crippen molar-refractivity contribution < 1.29 is 8.42 Å². The quantitative estimate of drug-likeness (QED) is 0.701. The number of fused-ring (bicyclic) bond motifs is 2. The Morgan fingerprint density at radius 2 is 2.00 bits per heavy atom. The monoisotopic (exact) mass is 343 g/mol. The predicted octanol–water partition coefficient (Wildman–Crippen LogP) is 1.35. The Hall–Kier alpha value is -2.32. The van der Waals surface area contributed by atoms with Gasteiger partial charge >= 0.3 is 0 Å². The number of hydrogen-bond acceptors (Lipinski definition) is 5. The van der Waals surface area contributed by atoms with Crippen LogP contribution in [0.1, 0.15) is 11.3 Å². The summed E-state index contributed by atoms with van der Waals surface area (Å²) >= 11 is 0. The topological polar surface area (TPSA) is 81.0 Å². The van der Waals surface area contributed by atoms with Crippen LogP contribution >= 0.6 is 0 Å². The van der Waals surface area contributed by atoms with E-state index in [-0.39, 0.29) is 0 Å². The number of pyridine rings is 2. The van der Waals surface area contributed by atoms with Gasteiger partial charge in [-0.1, -0.05) is 0 Å². The third kappa shape index (κ3) is 2.67. The van der Waals surface area contributed by atoms with Crippen LogP contribution in [0.4, 0.5) is 0 Å². The highest BCUT2D eigenvalue weighted by molar-refractivity contribution is 7.88. The summed E-state index contributed by atoms with van der Waals surface area (Å²) in [4.78, 5) is 9.08. The molecule has 0 saturated carbocycles. The van der Waals surface area contributed by atoms with Crippen LogP contribution in [-0.4, -0.2) is 45.3 Å². The van der Waals surface area contributed by atoms with E-state index in [0.717, 1.165) is 27.8 Å². The number of hydrogen-bond donors (Lipinski definition) is 0. The minimum absolute atomic E-state index is 0.369. The van der Waals surface area contributed by atoms with Gasteiger partial charge in [0.15, 0.2) is 5.65 Å². The lowest BCUT2D eigenvalue weighted by Gasteiger charge is -2.26. The summed E-state index contributed by atoms with van der Waals surface area (Å²) in [7, 11) is -1.32. The fourth-order valence-electron chi connectivity index (χ4n) is 3.01. The van der Waals surface area contributed by atoms with E-state index in [2.05, 4.69) is 15.1 Å². The summed E-state index contributed by atoms with van der Waals surface area (Å²) in [5.74, 6) is 0. The van der Waals surface area contributed by atoms with Gasteiger partial charge in [-0.2, -0.15) is 9.40 Å². The lowest BCUT2D eigenvalue weighted by molar-refractivity contribution is 0.392. The lowest BCUT2D eigenvalue weighted by atomic mass is 10.0. The maximum Gasteiger partial charge on any atom is 0.211 e. The summed E-state index contributed by atoms with van der Waals surface area (Å²) in [5, 5.41) is 5.09. The van der Waals surface area contributed by atoms with E-state index in [1.54, 1.807) is 17.1 Å². The molecule has 3 aromatic heterocycles. The van der Waals surface area contributed by atoms with E-state index in [1.165, 1.54) is 10.6 Å². The third-order valence-electron chi connectivity index (χ3n) is 4.29. The van der Waals surface area contributed by atoms with Gasteiger partial charge in [0.25, 0.3) is 0 Å². The van der Waals surface area contributed by atoms with Crippen LogP contribution in [0.25, 0.3) is 22.2 Å². The second-order valence-corrected chi connectivity index (χ2v) is 8.10. The SMILES string of the molecule is Cn1cc(-c2cnc3nc4c(cc3c2)CN(S(C)(=O)=O)CC4)cn1. The largest absolute Gasteiger partial charge is 0.275 e. The zero-order valence-corrected chi connectivity index (χ0v) is 14.3. The van der Waals surface area contributed by atoms with Crippen LogP contribution < -0.4 is 0 Å². The molecule has 0 N–H and O–H groups in total. The number of aryl methyl sites for hydroxylation is 1. The van der Waals surface area contributed by atoms with E-state index in [9.17, 15) is 8.42 Å². The van der Waals surface area contributed by atoms with Crippen LogP contribution in [-0.2, 0) is 30.0 Å². The second-order valence-electron chi connectivity index (χ2n) is 6.11. The lowest BCUT2D eigenvalue weighted by Crippen LogP contribution is -2.35. The predicted molar refractivity (Wildman–Crippen MR) is 90.7 cm³/mol. The van der Waals surface area contributed by atoms with Gasteiger partial charge in [0.2, 0.25) is 10.0 Å². The van der Waals surface area contributed by atoms with Gasteiger partial charge in [0, 0.05) is 61.2 Å². The molecule has 0 spiro atoms. The van der Waals surface area contributed by atoms with Crippen molar-refractivity contribution in [3.8, 4) is 11.1 Å². The fraction of sp³-hybridized carbons (Fsp3) is 0.312. The fourth-order valence-corrected chi connectivity index (χ4v) is 3.81. The molecule has 0 radical (unpaired) electrons. The van der Waals surface area contributed by atoms with Crippen molar-refractivity contribution in [3.05, 3.63) is 42.0 Å². The van der Waals surface area contributed by atoms with E-state index >= 15 is 0 Å². The third-order valence-corrected chi connectivity index (χ3v) is 5.54. The molecule has 0 saturated heterocycles. The second kappa shape index (κ2) is 5.35. The minimum Gasteiger partial charge on any atom is -0.275 e. The first-order valence-electron chi connectivity index (χ1n) is 7.63. The number of rotatable bonds is 2. The molecule has 8 heteroatoms. The van der Waals surface area contributed by atoms with E-state index in [1.807, 2.05) is 25.4 Å². The summed E-state index contributed by atoms with van der Waals surface area (Å²) in [6.07, 6.45) is 7.38. The summed E-state index contributed by atoms with van der Waals surface area (Å²) in [6.45, 7) is 0.840. The number of sulfonamides is 1. The average molecular weight is 343 g/mol. The molecule has 0 atom stereocenters. The van der Waals surface area contributed by atoms with E-state index in [4.69, 9.17) is 0 Å². The molecule has 4 heterocycles. The van der Waals surface area contributed by atoms with Gasteiger partial charge in [0.1, 0.15) is 0 Å². The molecular formula is C16H17N5O2S. The molecule has 0 amide bonds. The molecular weight excluding hydrogens is 326 g/mol. The maximum absolute atomic E-state index is 11.8. The Kier molecular flexibility index (Phi) is 3.40. The summed E-state index contributed by atoms with van der Waals surface area (Å²) < 4.78 is 26.8. The molecule has 124 valence electrons. The van der Waals surface area contributed by atoms with Gasteiger partial charge in [-0.15, -0.1) is 0 Å². The van der Waals surface area contributed by atoms with E-state index in [0.29, 0.717) is 25.2 Å². The molecule has 0 aliphatic carbocycles. The van der Waals surface area contributed by atoms with Crippen molar-refractivity contribution in [1.82, 2.24) is 24.1 Å². The molecule has 4 rings (SSSR count). The Morgan fingerprint density at radius 3 is 2.71 bits per heavy atom. The molecule has 1 aliphatic heterocycles. The Balaban J connectivity index is 1.78. The first kappa shape index (κ1) is 15.2. The zero-order chi connectivity index (χ0) is 16.9. The van der Waals surface area contributed by atoms with Crippen molar-refractivity contribution in [2.45, 2.75) is 13.0 Å². The molecule has 24 heavy (non-hydrogen) atoms. The summed E-state index contributed by atoms with van der Waals surface area (Å²) in [6, 6.07) is 4.02. The van der Waals surface area contributed by atoms with Crippen LogP contribution in [0, 0.1) is 0 Å². The van der Waals surface area contributed by atoms with Gasteiger partial charge < -0.3 is 0 Å². The van der Waals surface area contributed by atoms with Gasteiger partial charge in [-0.3, -0.25) is 4.68 Å². The molecule has 0 bridgehead atoms. The van der Waals surface area contributed by atoms with Gasteiger partial charge in [0.05, 0.1) is 12.5 Å². The van der Waals surface area contributed by atoms with Crippen molar-refractivity contribution in [2.24, 2.45) is 7.05 Å². The van der Waals surface area contributed by atoms with Crippen LogP contribution in [0.3, 0.4) is 0 Å². The molecule has 3 aromatic rings. The Bertz CT molecular complexity index is 1040. The molecule has 1 aliphatic rings. The average Bonchev–Trinajstić information content (AvgIpc) is 2.97. The first-order chi connectivity index (χ1) is 11.4. The Morgan fingerprint density at radius 1 is 1.17 bits per heavy atom. The zero-order valence-electron chi connectivity index (χ0n) is 13.5. The molecule has 0 unspecified atom stereocenters. The number of aromatic nitrogens is 4. The number of nitrogens with zero attached hydrogens (tertiary/aromatic N) is 5. The van der Waals surface area contributed by atoms with Gasteiger partial charge in [-0.05, 0) is 17.7 Å². The first-order valence-corrected chi connectivity index (χ1v) is 9.48. The summed E-state index contributed by atoms with van der Waals surface area (Å²) in [5.41, 5.74) is 4.53. The standard InChI is InChI=1S/C16H17N5O2S/c1-20-9-14(8-18-20)12-5-11-6-13-10-21(24(2,22)23)4-3-15(13)19-16(11)17-7-12/h5-9H,3-4,10H2,1-2H3. The van der Waals surface area contributed by atoms with Gasteiger partial charge in [-0.25, -0.2) is 18.4 Å². The van der Waals surface area contributed by atoms with Crippen LogP contribution in [0.5, 0.6) is 0 Å². The highest BCUT2D eigenvalue weighted by Gasteiger charge is 2.24.